The molecule has 106 valence electrons. The summed E-state index contributed by atoms with van der Waals surface area (Å²) < 4.78 is 0. The van der Waals surface area contributed by atoms with Crippen LogP contribution in [0.25, 0.3) is 0 Å². The molecule has 1 aromatic heterocycles. The lowest BCUT2D eigenvalue weighted by atomic mass is 9.77. The van der Waals surface area contributed by atoms with E-state index < -0.39 is 0 Å². The molecule has 4 rings (SSSR count). The van der Waals surface area contributed by atoms with E-state index >= 15 is 0 Å². The van der Waals surface area contributed by atoms with E-state index in [-0.39, 0.29) is 0 Å². The first kappa shape index (κ1) is 12.6. The minimum atomic E-state index is 0.360. The Balaban J connectivity index is 1.78. The van der Waals surface area contributed by atoms with Gasteiger partial charge in [0.25, 0.3) is 0 Å². The number of pyridine rings is 1. The summed E-state index contributed by atoms with van der Waals surface area (Å²) in [7, 11) is 0. The molecule has 2 nitrogen and oxygen atoms in total. The van der Waals surface area contributed by atoms with Gasteiger partial charge in [-0.05, 0) is 47.6 Å². The second-order valence-electron chi connectivity index (χ2n) is 6.04. The number of rotatable bonds is 2. The zero-order valence-electron chi connectivity index (χ0n) is 12.3. The van der Waals surface area contributed by atoms with Gasteiger partial charge in [0.1, 0.15) is 0 Å². The molecule has 2 aliphatic rings. The molecule has 0 spiro atoms. The summed E-state index contributed by atoms with van der Waals surface area (Å²) in [5.41, 5.74) is 5.47. The van der Waals surface area contributed by atoms with Crippen molar-refractivity contribution in [2.75, 3.05) is 5.32 Å². The highest BCUT2D eigenvalue weighted by molar-refractivity contribution is 5.60. The number of hydrogen-bond donors (Lipinski definition) is 1. The van der Waals surface area contributed by atoms with Crippen LogP contribution in [0.4, 0.5) is 5.69 Å². The number of anilines is 1. The second-order valence-corrected chi connectivity index (χ2v) is 6.04. The topological polar surface area (TPSA) is 24.9 Å². The van der Waals surface area contributed by atoms with E-state index in [0.29, 0.717) is 17.9 Å². The van der Waals surface area contributed by atoms with E-state index in [1.807, 2.05) is 18.5 Å². The predicted octanol–water partition coefficient (Wildman–Crippen LogP) is 4.47. The number of benzene rings is 1. The number of nitrogens with zero attached hydrogens (tertiary/aromatic N) is 1. The normalized spacial score (nSPS) is 26.0. The fraction of sp³-hybridized carbons (Fsp3) is 0.316. The Labute approximate surface area is 125 Å². The van der Waals surface area contributed by atoms with Crippen molar-refractivity contribution < 1.29 is 0 Å². The molecular weight excluding hydrogens is 256 g/mol. The van der Waals surface area contributed by atoms with Crippen LogP contribution >= 0.6 is 0 Å². The first-order valence-electron chi connectivity index (χ1n) is 7.82. The summed E-state index contributed by atoms with van der Waals surface area (Å²) in [4.78, 5) is 4.30. The number of hydrogen-bond acceptors (Lipinski definition) is 2. The van der Waals surface area contributed by atoms with Crippen molar-refractivity contribution in [3.05, 3.63) is 71.6 Å². The zero-order valence-corrected chi connectivity index (χ0v) is 12.3. The zero-order chi connectivity index (χ0) is 14.2. The minimum Gasteiger partial charge on any atom is -0.378 e. The largest absolute Gasteiger partial charge is 0.378 e. The maximum atomic E-state index is 4.30. The van der Waals surface area contributed by atoms with Gasteiger partial charge in [-0.25, -0.2) is 0 Å². The van der Waals surface area contributed by atoms with E-state index in [0.717, 1.165) is 12.8 Å². The van der Waals surface area contributed by atoms with Gasteiger partial charge >= 0.3 is 0 Å². The molecule has 1 aliphatic heterocycles. The molecule has 0 bridgehead atoms. The molecule has 0 amide bonds. The Bertz CT molecular complexity index is 675. The van der Waals surface area contributed by atoms with E-state index in [4.69, 9.17) is 0 Å². The predicted molar refractivity (Wildman–Crippen MR) is 86.4 cm³/mol. The SMILES string of the molecule is CCc1ccc2c(c1)C1C=CCC1C(c1cccnc1)N2. The highest BCUT2D eigenvalue weighted by atomic mass is 15.0. The molecule has 0 radical (unpaired) electrons. The molecule has 1 aliphatic carbocycles. The van der Waals surface area contributed by atoms with E-state index in [2.05, 4.69) is 53.6 Å². The van der Waals surface area contributed by atoms with Crippen LogP contribution in [0.2, 0.25) is 0 Å². The summed E-state index contributed by atoms with van der Waals surface area (Å²) in [6, 6.07) is 11.5. The van der Waals surface area contributed by atoms with Gasteiger partial charge in [-0.2, -0.15) is 0 Å². The van der Waals surface area contributed by atoms with Gasteiger partial charge in [0.15, 0.2) is 0 Å². The fourth-order valence-electron chi connectivity index (χ4n) is 3.75. The highest BCUT2D eigenvalue weighted by Crippen LogP contribution is 2.49. The third-order valence-electron chi connectivity index (χ3n) is 4.88. The van der Waals surface area contributed by atoms with Crippen LogP contribution in [-0.2, 0) is 6.42 Å². The quantitative estimate of drug-likeness (QED) is 0.819. The van der Waals surface area contributed by atoms with Crippen LogP contribution in [0, 0.1) is 5.92 Å². The Morgan fingerprint density at radius 2 is 2.24 bits per heavy atom. The van der Waals surface area contributed by atoms with Gasteiger partial charge in [0.2, 0.25) is 0 Å². The van der Waals surface area contributed by atoms with Gasteiger partial charge in [0, 0.05) is 24.0 Å². The lowest BCUT2D eigenvalue weighted by Crippen LogP contribution is -2.29. The van der Waals surface area contributed by atoms with Crippen LogP contribution in [0.3, 0.4) is 0 Å². The monoisotopic (exact) mass is 276 g/mol. The summed E-state index contributed by atoms with van der Waals surface area (Å²) in [5, 5.41) is 3.76. The minimum absolute atomic E-state index is 0.360. The van der Waals surface area contributed by atoms with Crippen LogP contribution in [0.1, 0.15) is 42.0 Å². The number of aryl methyl sites for hydroxylation is 1. The van der Waals surface area contributed by atoms with Crippen molar-refractivity contribution in [3.63, 3.8) is 0 Å². The molecule has 1 N–H and O–H groups in total. The van der Waals surface area contributed by atoms with Gasteiger partial charge in [0.05, 0.1) is 6.04 Å². The third kappa shape index (κ3) is 2.06. The molecule has 0 fully saturated rings. The fourth-order valence-corrected chi connectivity index (χ4v) is 3.75. The first-order chi connectivity index (χ1) is 10.4. The Kier molecular flexibility index (Phi) is 3.03. The first-order valence-corrected chi connectivity index (χ1v) is 7.82. The van der Waals surface area contributed by atoms with Crippen molar-refractivity contribution >= 4 is 5.69 Å². The standard InChI is InChI=1S/C19H20N2/c1-2-13-8-9-18-17(11-13)15-6-3-7-16(15)19(21-18)14-5-4-10-20-12-14/h3-6,8-12,15-16,19,21H,2,7H2,1H3. The maximum absolute atomic E-state index is 4.30. The third-order valence-corrected chi connectivity index (χ3v) is 4.88. The summed E-state index contributed by atoms with van der Waals surface area (Å²) in [6.45, 7) is 2.22. The molecule has 3 atom stereocenters. The Morgan fingerprint density at radius 3 is 3.05 bits per heavy atom. The lowest BCUT2D eigenvalue weighted by molar-refractivity contribution is 0.424. The molecule has 3 unspecified atom stereocenters. The van der Waals surface area contributed by atoms with Gasteiger partial charge < -0.3 is 5.32 Å². The van der Waals surface area contributed by atoms with Gasteiger partial charge in [-0.3, -0.25) is 4.98 Å². The van der Waals surface area contributed by atoms with E-state index in [1.54, 1.807) is 0 Å². The Morgan fingerprint density at radius 1 is 1.29 bits per heavy atom. The molecular formula is C19H20N2. The number of aromatic nitrogens is 1. The molecule has 2 aromatic rings. The number of allylic oxidation sites excluding steroid dienone is 2. The summed E-state index contributed by atoms with van der Waals surface area (Å²) in [5.74, 6) is 1.15. The Hall–Kier alpha value is -2.09. The average molecular weight is 276 g/mol. The highest BCUT2D eigenvalue weighted by Gasteiger charge is 2.37. The molecule has 21 heavy (non-hydrogen) atoms. The van der Waals surface area contributed by atoms with Crippen molar-refractivity contribution in [1.29, 1.82) is 0 Å². The summed E-state index contributed by atoms with van der Waals surface area (Å²) in [6.07, 6.45) is 10.8. The molecule has 0 saturated heterocycles. The van der Waals surface area contributed by atoms with Crippen LogP contribution < -0.4 is 5.32 Å². The second kappa shape index (κ2) is 5.03. The maximum Gasteiger partial charge on any atom is 0.0569 e. The van der Waals surface area contributed by atoms with Crippen LogP contribution in [-0.4, -0.2) is 4.98 Å². The van der Waals surface area contributed by atoms with Crippen molar-refractivity contribution in [2.45, 2.75) is 31.7 Å². The van der Waals surface area contributed by atoms with Crippen molar-refractivity contribution in [1.82, 2.24) is 4.98 Å². The van der Waals surface area contributed by atoms with Gasteiger partial charge in [-0.1, -0.05) is 37.3 Å². The van der Waals surface area contributed by atoms with E-state index in [9.17, 15) is 0 Å². The van der Waals surface area contributed by atoms with Crippen LogP contribution in [0.15, 0.2) is 54.9 Å². The van der Waals surface area contributed by atoms with Crippen molar-refractivity contribution in [2.24, 2.45) is 5.92 Å². The average Bonchev–Trinajstić information content (AvgIpc) is 3.04. The van der Waals surface area contributed by atoms with Gasteiger partial charge in [-0.15, -0.1) is 0 Å². The molecule has 1 aromatic carbocycles. The smallest absolute Gasteiger partial charge is 0.0569 e. The summed E-state index contributed by atoms with van der Waals surface area (Å²) >= 11 is 0. The van der Waals surface area contributed by atoms with Crippen molar-refractivity contribution in [3.8, 4) is 0 Å². The molecule has 2 heterocycles. The lowest BCUT2D eigenvalue weighted by Gasteiger charge is -2.37. The molecule has 0 saturated carbocycles. The van der Waals surface area contributed by atoms with Crippen LogP contribution in [0.5, 0.6) is 0 Å². The number of fused-ring (bicyclic) bond motifs is 3. The molecule has 2 heteroatoms. The van der Waals surface area contributed by atoms with E-state index in [1.165, 1.54) is 22.4 Å². The number of nitrogens with one attached hydrogen (secondary N) is 1.